The van der Waals surface area contributed by atoms with Crippen LogP contribution in [0.15, 0.2) is 24.3 Å². The van der Waals surface area contributed by atoms with Crippen molar-refractivity contribution in [2.75, 3.05) is 6.61 Å². The molecule has 1 nitrogen and oxygen atoms in total. The van der Waals surface area contributed by atoms with Crippen LogP contribution in [0.1, 0.15) is 30.9 Å². The second-order valence-corrected chi connectivity index (χ2v) is 4.07. The van der Waals surface area contributed by atoms with Gasteiger partial charge in [0.05, 0.1) is 0 Å². The predicted molar refractivity (Wildman–Crippen MR) is 56.3 cm³/mol. The molecule has 0 radical (unpaired) electrons. The predicted octanol–water partition coefficient (Wildman–Crippen LogP) is 2.98. The summed E-state index contributed by atoms with van der Waals surface area (Å²) in [6.07, 6.45) is -0.235. The summed E-state index contributed by atoms with van der Waals surface area (Å²) >= 11 is 0. The molecule has 0 aliphatic heterocycles. The van der Waals surface area contributed by atoms with Gasteiger partial charge in [-0.1, -0.05) is 31.2 Å². The van der Waals surface area contributed by atoms with Crippen molar-refractivity contribution in [1.82, 2.24) is 0 Å². The maximum absolute atomic E-state index is 12.7. The number of rotatable bonds is 4. The summed E-state index contributed by atoms with van der Waals surface area (Å²) in [6.45, 7) is 2.88. The highest BCUT2D eigenvalue weighted by molar-refractivity contribution is 5.25. The van der Waals surface area contributed by atoms with Gasteiger partial charge in [-0.05, 0) is 18.1 Å². The first-order valence-corrected chi connectivity index (χ1v) is 5.00. The van der Waals surface area contributed by atoms with Crippen LogP contribution in [0.2, 0.25) is 0 Å². The minimum absolute atomic E-state index is 0.0567. The van der Waals surface area contributed by atoms with Crippen molar-refractivity contribution < 1.29 is 13.9 Å². The number of benzene rings is 1. The second kappa shape index (κ2) is 4.71. The van der Waals surface area contributed by atoms with Crippen LogP contribution >= 0.6 is 0 Å². The first-order valence-electron chi connectivity index (χ1n) is 5.00. The van der Waals surface area contributed by atoms with Crippen molar-refractivity contribution >= 4 is 0 Å². The van der Waals surface area contributed by atoms with Crippen LogP contribution in [0.5, 0.6) is 0 Å². The molecule has 1 unspecified atom stereocenters. The van der Waals surface area contributed by atoms with Crippen molar-refractivity contribution in [3.63, 3.8) is 0 Å². The number of aliphatic hydroxyl groups is 1. The molecule has 0 aliphatic carbocycles. The maximum atomic E-state index is 12.7. The van der Waals surface area contributed by atoms with Gasteiger partial charge in [-0.2, -0.15) is 0 Å². The summed E-state index contributed by atoms with van der Waals surface area (Å²) in [5.74, 6) is -2.61. The summed E-state index contributed by atoms with van der Waals surface area (Å²) < 4.78 is 25.4. The average molecular weight is 214 g/mol. The summed E-state index contributed by atoms with van der Waals surface area (Å²) in [7, 11) is 0. The van der Waals surface area contributed by atoms with E-state index in [1.54, 1.807) is 24.3 Å². The molecule has 84 valence electrons. The van der Waals surface area contributed by atoms with Gasteiger partial charge >= 0.3 is 0 Å². The van der Waals surface area contributed by atoms with E-state index >= 15 is 0 Å². The van der Waals surface area contributed by atoms with Crippen LogP contribution in [0.4, 0.5) is 8.78 Å². The first kappa shape index (κ1) is 12.1. The lowest BCUT2D eigenvalue weighted by Gasteiger charge is -2.12. The zero-order chi connectivity index (χ0) is 11.5. The Balaban J connectivity index is 2.72. The highest BCUT2D eigenvalue weighted by atomic mass is 19.3. The molecule has 1 aromatic carbocycles. The Morgan fingerprint density at radius 3 is 2.20 bits per heavy atom. The van der Waals surface area contributed by atoms with E-state index in [9.17, 15) is 8.78 Å². The standard InChI is InChI=1S/C12H16F2O/c1-9(8-15)11-5-3-10(4-6-11)7-12(2,13)14/h3-6,9,15H,7-8H2,1-2H3. The van der Waals surface area contributed by atoms with E-state index in [4.69, 9.17) is 5.11 Å². The molecular formula is C12H16F2O. The van der Waals surface area contributed by atoms with E-state index in [1.165, 1.54) is 0 Å². The van der Waals surface area contributed by atoms with Gasteiger partial charge in [-0.15, -0.1) is 0 Å². The lowest BCUT2D eigenvalue weighted by Crippen LogP contribution is -2.13. The SMILES string of the molecule is CC(CO)c1ccc(CC(C)(F)F)cc1. The van der Waals surface area contributed by atoms with Crippen LogP contribution in [0, 0.1) is 0 Å². The van der Waals surface area contributed by atoms with Gasteiger partial charge in [0.2, 0.25) is 5.92 Å². The molecule has 1 N–H and O–H groups in total. The van der Waals surface area contributed by atoms with Gasteiger partial charge in [0.25, 0.3) is 0 Å². The fourth-order valence-corrected chi connectivity index (χ4v) is 1.43. The highest BCUT2D eigenvalue weighted by Gasteiger charge is 2.21. The largest absolute Gasteiger partial charge is 0.396 e. The van der Waals surface area contributed by atoms with E-state index < -0.39 is 5.92 Å². The molecule has 15 heavy (non-hydrogen) atoms. The third kappa shape index (κ3) is 3.96. The number of aliphatic hydroxyl groups excluding tert-OH is 1. The minimum atomic E-state index is -2.66. The van der Waals surface area contributed by atoms with Gasteiger partial charge in [0.15, 0.2) is 0 Å². The van der Waals surface area contributed by atoms with Gasteiger partial charge in [-0.25, -0.2) is 8.78 Å². The molecule has 0 aromatic heterocycles. The van der Waals surface area contributed by atoms with Gasteiger partial charge in [0.1, 0.15) is 0 Å². The molecular weight excluding hydrogens is 198 g/mol. The highest BCUT2D eigenvalue weighted by Crippen LogP contribution is 2.21. The third-order valence-corrected chi connectivity index (χ3v) is 2.34. The summed E-state index contributed by atoms with van der Waals surface area (Å²) in [6, 6.07) is 6.97. The Labute approximate surface area is 88.7 Å². The Hall–Kier alpha value is -0.960. The van der Waals surface area contributed by atoms with Crippen LogP contribution in [0.25, 0.3) is 0 Å². The molecule has 0 aliphatic rings. The van der Waals surface area contributed by atoms with Crippen LogP contribution in [0.3, 0.4) is 0 Å². The van der Waals surface area contributed by atoms with E-state index in [0.29, 0.717) is 5.56 Å². The molecule has 0 saturated carbocycles. The Morgan fingerprint density at radius 1 is 1.27 bits per heavy atom. The molecule has 0 amide bonds. The van der Waals surface area contributed by atoms with Crippen molar-refractivity contribution in [2.45, 2.75) is 32.1 Å². The second-order valence-electron chi connectivity index (χ2n) is 4.07. The van der Waals surface area contributed by atoms with E-state index in [0.717, 1.165) is 12.5 Å². The van der Waals surface area contributed by atoms with E-state index in [1.807, 2.05) is 6.92 Å². The molecule has 0 bridgehead atoms. The van der Waals surface area contributed by atoms with E-state index in [2.05, 4.69) is 0 Å². The lowest BCUT2D eigenvalue weighted by molar-refractivity contribution is 0.0226. The Kier molecular flexibility index (Phi) is 3.80. The van der Waals surface area contributed by atoms with Gasteiger partial charge < -0.3 is 5.11 Å². The molecule has 1 aromatic rings. The topological polar surface area (TPSA) is 20.2 Å². The lowest BCUT2D eigenvalue weighted by atomic mass is 9.99. The van der Waals surface area contributed by atoms with Crippen molar-refractivity contribution in [2.24, 2.45) is 0 Å². The molecule has 1 atom stereocenters. The average Bonchev–Trinajstić information content (AvgIpc) is 2.15. The van der Waals surface area contributed by atoms with Crippen LogP contribution in [-0.2, 0) is 6.42 Å². The monoisotopic (exact) mass is 214 g/mol. The zero-order valence-corrected chi connectivity index (χ0v) is 9.00. The fraction of sp³-hybridized carbons (Fsp3) is 0.500. The summed E-state index contributed by atoms with van der Waals surface area (Å²) in [5.41, 5.74) is 1.59. The first-order chi connectivity index (χ1) is 6.92. The maximum Gasteiger partial charge on any atom is 0.249 e. The smallest absolute Gasteiger partial charge is 0.249 e. The van der Waals surface area contributed by atoms with E-state index in [-0.39, 0.29) is 18.9 Å². The Bertz CT molecular complexity index is 300. The number of alkyl halides is 2. The minimum Gasteiger partial charge on any atom is -0.396 e. The van der Waals surface area contributed by atoms with Gasteiger partial charge in [0, 0.05) is 18.9 Å². The quantitative estimate of drug-likeness (QED) is 0.817. The number of halogens is 2. The molecule has 0 spiro atoms. The molecule has 0 fully saturated rings. The molecule has 3 heteroatoms. The van der Waals surface area contributed by atoms with Crippen LogP contribution in [-0.4, -0.2) is 17.6 Å². The summed E-state index contributed by atoms with van der Waals surface area (Å²) in [4.78, 5) is 0. The van der Waals surface area contributed by atoms with Gasteiger partial charge in [-0.3, -0.25) is 0 Å². The summed E-state index contributed by atoms with van der Waals surface area (Å²) in [5, 5.41) is 8.92. The normalized spacial score (nSPS) is 13.9. The van der Waals surface area contributed by atoms with Crippen molar-refractivity contribution in [3.05, 3.63) is 35.4 Å². The zero-order valence-electron chi connectivity index (χ0n) is 9.00. The fourth-order valence-electron chi connectivity index (χ4n) is 1.43. The molecule has 1 rings (SSSR count). The van der Waals surface area contributed by atoms with Crippen molar-refractivity contribution in [1.29, 1.82) is 0 Å². The molecule has 0 heterocycles. The number of hydrogen-bond donors (Lipinski definition) is 1. The third-order valence-electron chi connectivity index (χ3n) is 2.34. The van der Waals surface area contributed by atoms with Crippen molar-refractivity contribution in [3.8, 4) is 0 Å². The Morgan fingerprint density at radius 2 is 1.80 bits per heavy atom. The molecule has 0 saturated heterocycles. The van der Waals surface area contributed by atoms with Crippen LogP contribution < -0.4 is 0 Å². The number of hydrogen-bond acceptors (Lipinski definition) is 1.